The normalized spacial score (nSPS) is 11.8. The lowest BCUT2D eigenvalue weighted by atomic mass is 10.1. The largest absolute Gasteiger partial charge is 0.484 e. The van der Waals surface area contributed by atoms with E-state index in [-0.39, 0.29) is 18.1 Å². The van der Waals surface area contributed by atoms with Crippen molar-refractivity contribution in [3.05, 3.63) is 64.1 Å². The Bertz CT molecular complexity index is 662. The van der Waals surface area contributed by atoms with Crippen LogP contribution in [0.4, 0.5) is 8.78 Å². The van der Waals surface area contributed by atoms with Crippen molar-refractivity contribution in [2.45, 2.75) is 13.0 Å². The van der Waals surface area contributed by atoms with Gasteiger partial charge in [0, 0.05) is 16.1 Å². The summed E-state index contributed by atoms with van der Waals surface area (Å²) in [6.45, 7) is 1.43. The molecule has 0 aliphatic heterocycles. The maximum atomic E-state index is 13.6. The van der Waals surface area contributed by atoms with Crippen molar-refractivity contribution in [3.63, 3.8) is 0 Å². The predicted octanol–water partition coefficient (Wildman–Crippen LogP) is 3.98. The second kappa shape index (κ2) is 7.35. The highest BCUT2D eigenvalue weighted by atomic mass is 79.9. The molecule has 0 aliphatic carbocycles. The monoisotopic (exact) mass is 369 g/mol. The maximum absolute atomic E-state index is 13.6. The summed E-state index contributed by atoms with van der Waals surface area (Å²) in [5, 5.41) is 2.60. The lowest BCUT2D eigenvalue weighted by Gasteiger charge is -2.15. The van der Waals surface area contributed by atoms with Crippen molar-refractivity contribution >= 4 is 21.8 Å². The molecule has 2 aromatic rings. The van der Waals surface area contributed by atoms with E-state index in [1.165, 1.54) is 6.07 Å². The first-order chi connectivity index (χ1) is 10.5. The molecular formula is C16H14BrF2NO2. The van der Waals surface area contributed by atoms with Crippen LogP contribution in [0, 0.1) is 11.6 Å². The summed E-state index contributed by atoms with van der Waals surface area (Å²) in [4.78, 5) is 11.8. The number of hydrogen-bond donors (Lipinski definition) is 1. The van der Waals surface area contributed by atoms with E-state index in [2.05, 4.69) is 21.2 Å². The summed E-state index contributed by atoms with van der Waals surface area (Å²) < 4.78 is 32.7. The van der Waals surface area contributed by atoms with Crippen LogP contribution in [0.15, 0.2) is 46.9 Å². The molecule has 0 saturated carbocycles. The molecule has 0 unspecified atom stereocenters. The molecule has 0 heterocycles. The Hall–Kier alpha value is -1.95. The first-order valence-corrected chi connectivity index (χ1v) is 7.37. The fourth-order valence-corrected chi connectivity index (χ4v) is 2.16. The van der Waals surface area contributed by atoms with Gasteiger partial charge in [-0.2, -0.15) is 0 Å². The average molecular weight is 370 g/mol. The SMILES string of the molecule is C[C@@H](NC(=O)COc1ccc(Br)cc1)c1ccc(F)cc1F. The van der Waals surface area contributed by atoms with Gasteiger partial charge in [-0.05, 0) is 37.3 Å². The molecule has 0 saturated heterocycles. The molecule has 1 N–H and O–H groups in total. The van der Waals surface area contributed by atoms with Crippen molar-refractivity contribution in [1.29, 1.82) is 0 Å². The van der Waals surface area contributed by atoms with E-state index in [4.69, 9.17) is 4.74 Å². The Balaban J connectivity index is 1.89. The van der Waals surface area contributed by atoms with Gasteiger partial charge in [-0.3, -0.25) is 4.79 Å². The van der Waals surface area contributed by atoms with Crippen LogP contribution in [-0.4, -0.2) is 12.5 Å². The molecule has 116 valence electrons. The zero-order valence-electron chi connectivity index (χ0n) is 11.8. The van der Waals surface area contributed by atoms with Gasteiger partial charge in [0.1, 0.15) is 17.4 Å². The maximum Gasteiger partial charge on any atom is 0.258 e. The molecular weight excluding hydrogens is 356 g/mol. The summed E-state index contributed by atoms with van der Waals surface area (Å²) in [6, 6.07) is 9.71. The Morgan fingerprint density at radius 1 is 1.23 bits per heavy atom. The molecule has 1 atom stereocenters. The minimum atomic E-state index is -0.693. The quantitative estimate of drug-likeness (QED) is 0.865. The summed E-state index contributed by atoms with van der Waals surface area (Å²) >= 11 is 3.30. The van der Waals surface area contributed by atoms with Crippen LogP contribution < -0.4 is 10.1 Å². The van der Waals surface area contributed by atoms with Crippen molar-refractivity contribution in [1.82, 2.24) is 5.32 Å². The molecule has 0 aliphatic rings. The lowest BCUT2D eigenvalue weighted by Crippen LogP contribution is -2.31. The van der Waals surface area contributed by atoms with Gasteiger partial charge < -0.3 is 10.1 Å². The van der Waals surface area contributed by atoms with Crippen molar-refractivity contribution < 1.29 is 18.3 Å². The van der Waals surface area contributed by atoms with E-state index in [0.717, 1.165) is 16.6 Å². The molecule has 0 fully saturated rings. The Kier molecular flexibility index (Phi) is 5.49. The second-order valence-electron chi connectivity index (χ2n) is 4.70. The molecule has 3 nitrogen and oxygen atoms in total. The van der Waals surface area contributed by atoms with Crippen LogP contribution in [0.5, 0.6) is 5.75 Å². The van der Waals surface area contributed by atoms with E-state index >= 15 is 0 Å². The number of hydrogen-bond acceptors (Lipinski definition) is 2. The summed E-state index contributed by atoms with van der Waals surface area (Å²) in [5.41, 5.74) is 0.221. The zero-order chi connectivity index (χ0) is 16.1. The van der Waals surface area contributed by atoms with E-state index < -0.39 is 17.7 Å². The highest BCUT2D eigenvalue weighted by Gasteiger charge is 2.14. The molecule has 2 rings (SSSR count). The van der Waals surface area contributed by atoms with Crippen LogP contribution in [-0.2, 0) is 4.79 Å². The average Bonchev–Trinajstić information content (AvgIpc) is 2.46. The summed E-state index contributed by atoms with van der Waals surface area (Å²) in [6.07, 6.45) is 0. The van der Waals surface area contributed by atoms with Crippen LogP contribution >= 0.6 is 15.9 Å². The Morgan fingerprint density at radius 3 is 2.55 bits per heavy atom. The first-order valence-electron chi connectivity index (χ1n) is 6.58. The van der Waals surface area contributed by atoms with Gasteiger partial charge >= 0.3 is 0 Å². The van der Waals surface area contributed by atoms with Crippen molar-refractivity contribution in [2.75, 3.05) is 6.61 Å². The molecule has 0 bridgehead atoms. The van der Waals surface area contributed by atoms with Crippen molar-refractivity contribution in [2.24, 2.45) is 0 Å². The van der Waals surface area contributed by atoms with Gasteiger partial charge in [-0.1, -0.05) is 22.0 Å². The smallest absolute Gasteiger partial charge is 0.258 e. The number of amides is 1. The van der Waals surface area contributed by atoms with Crippen LogP contribution in [0.25, 0.3) is 0 Å². The minimum Gasteiger partial charge on any atom is -0.484 e. The molecule has 0 aromatic heterocycles. The zero-order valence-corrected chi connectivity index (χ0v) is 13.4. The number of benzene rings is 2. The number of ether oxygens (including phenoxy) is 1. The van der Waals surface area contributed by atoms with Gasteiger partial charge in [-0.15, -0.1) is 0 Å². The summed E-state index contributed by atoms with van der Waals surface area (Å²) in [7, 11) is 0. The van der Waals surface area contributed by atoms with E-state index in [1.54, 1.807) is 31.2 Å². The molecule has 0 spiro atoms. The summed E-state index contributed by atoms with van der Waals surface area (Å²) in [5.74, 6) is -1.18. The fraction of sp³-hybridized carbons (Fsp3) is 0.188. The molecule has 2 aromatic carbocycles. The number of carbonyl (C=O) groups is 1. The molecule has 22 heavy (non-hydrogen) atoms. The number of carbonyl (C=O) groups excluding carboxylic acids is 1. The van der Waals surface area contributed by atoms with Crippen LogP contribution in [0.1, 0.15) is 18.5 Å². The predicted molar refractivity (Wildman–Crippen MR) is 82.6 cm³/mol. The van der Waals surface area contributed by atoms with Gasteiger partial charge in [-0.25, -0.2) is 8.78 Å². The second-order valence-corrected chi connectivity index (χ2v) is 5.61. The van der Waals surface area contributed by atoms with E-state index in [0.29, 0.717) is 5.75 Å². The molecule has 1 amide bonds. The topological polar surface area (TPSA) is 38.3 Å². The fourth-order valence-electron chi connectivity index (χ4n) is 1.89. The third-order valence-corrected chi connectivity index (χ3v) is 3.52. The third kappa shape index (κ3) is 4.53. The first kappa shape index (κ1) is 16.4. The number of nitrogens with one attached hydrogen (secondary N) is 1. The van der Waals surface area contributed by atoms with Crippen LogP contribution in [0.3, 0.4) is 0 Å². The minimum absolute atomic E-state index is 0.186. The molecule has 0 radical (unpaired) electrons. The van der Waals surface area contributed by atoms with Crippen molar-refractivity contribution in [3.8, 4) is 5.75 Å². The van der Waals surface area contributed by atoms with E-state index in [1.807, 2.05) is 0 Å². The van der Waals surface area contributed by atoms with E-state index in [9.17, 15) is 13.6 Å². The molecule has 6 heteroatoms. The Morgan fingerprint density at radius 2 is 1.91 bits per heavy atom. The number of halogens is 3. The van der Waals surface area contributed by atoms with Gasteiger partial charge in [0.15, 0.2) is 6.61 Å². The lowest BCUT2D eigenvalue weighted by molar-refractivity contribution is -0.123. The van der Waals surface area contributed by atoms with Crippen LogP contribution in [0.2, 0.25) is 0 Å². The third-order valence-electron chi connectivity index (χ3n) is 2.99. The highest BCUT2D eigenvalue weighted by Crippen LogP contribution is 2.18. The van der Waals surface area contributed by atoms with Gasteiger partial charge in [0.05, 0.1) is 6.04 Å². The van der Waals surface area contributed by atoms with Gasteiger partial charge in [0.25, 0.3) is 5.91 Å². The number of rotatable bonds is 5. The van der Waals surface area contributed by atoms with Gasteiger partial charge in [0.2, 0.25) is 0 Å². The standard InChI is InChI=1S/C16H14BrF2NO2/c1-10(14-7-4-12(18)8-15(14)19)20-16(21)9-22-13-5-2-11(17)3-6-13/h2-8,10H,9H2,1H3,(H,20,21)/t10-/m1/s1. The highest BCUT2D eigenvalue weighted by molar-refractivity contribution is 9.10. The Labute approximate surface area is 135 Å².